The molecule has 4 nitrogen and oxygen atoms in total. The molecule has 0 bridgehead atoms. The molecule has 1 aromatic heterocycles. The first-order valence-electron chi connectivity index (χ1n) is 6.33. The van der Waals surface area contributed by atoms with Crippen molar-refractivity contribution in [1.29, 1.82) is 0 Å². The third-order valence-electron chi connectivity index (χ3n) is 2.89. The number of carboxylic acids is 1. The van der Waals surface area contributed by atoms with Crippen molar-refractivity contribution < 1.29 is 19.1 Å². The topological polar surface area (TPSA) is 66.4 Å². The highest BCUT2D eigenvalue weighted by Crippen LogP contribution is 2.27. The van der Waals surface area contributed by atoms with Crippen molar-refractivity contribution >= 4 is 28.2 Å². The normalized spacial score (nSPS) is 10.4. The fraction of sp³-hybridized carbons (Fsp3) is 0.200. The maximum absolute atomic E-state index is 12.8. The highest BCUT2D eigenvalue weighted by Gasteiger charge is 2.15. The average Bonchev–Trinajstić information content (AvgIpc) is 2.79. The zero-order valence-corrected chi connectivity index (χ0v) is 12.2. The van der Waals surface area contributed by atoms with Gasteiger partial charge in [0.15, 0.2) is 0 Å². The van der Waals surface area contributed by atoms with E-state index in [0.29, 0.717) is 11.4 Å². The summed E-state index contributed by atoms with van der Waals surface area (Å²) < 4.78 is 12.8. The average molecular weight is 307 g/mol. The van der Waals surface area contributed by atoms with Crippen LogP contribution in [0.5, 0.6) is 0 Å². The number of rotatable bonds is 5. The smallest absolute Gasteiger partial charge is 0.338 e. The summed E-state index contributed by atoms with van der Waals surface area (Å²) in [6.07, 6.45) is 0.681. The Kier molecular flexibility index (Phi) is 4.70. The van der Waals surface area contributed by atoms with Gasteiger partial charge in [0.2, 0.25) is 5.91 Å². The summed E-state index contributed by atoms with van der Waals surface area (Å²) in [6, 6.07) is 7.47. The molecule has 0 saturated carbocycles. The van der Waals surface area contributed by atoms with Gasteiger partial charge < -0.3 is 10.4 Å². The van der Waals surface area contributed by atoms with E-state index < -0.39 is 5.97 Å². The standard InChI is InChI=1S/C15H14FNO3S/c1-9-8-12(15(19)20)14(21-9)17-13(18)7-4-10-2-5-11(16)6-3-10/h2-3,5-6,8H,4,7H2,1H3,(H,17,18)(H,19,20). The number of aryl methyl sites for hydroxylation is 2. The molecule has 1 aromatic carbocycles. The van der Waals surface area contributed by atoms with Crippen LogP contribution in [0.2, 0.25) is 0 Å². The van der Waals surface area contributed by atoms with E-state index in [0.717, 1.165) is 10.4 Å². The molecule has 0 fully saturated rings. The Balaban J connectivity index is 1.96. The van der Waals surface area contributed by atoms with Crippen LogP contribution in [0.3, 0.4) is 0 Å². The number of anilines is 1. The molecule has 1 amide bonds. The quantitative estimate of drug-likeness (QED) is 0.889. The monoisotopic (exact) mass is 307 g/mol. The SMILES string of the molecule is Cc1cc(C(=O)O)c(NC(=O)CCc2ccc(F)cc2)s1. The van der Waals surface area contributed by atoms with Crippen molar-refractivity contribution in [3.8, 4) is 0 Å². The minimum Gasteiger partial charge on any atom is -0.478 e. The van der Waals surface area contributed by atoms with E-state index in [9.17, 15) is 14.0 Å². The van der Waals surface area contributed by atoms with Crippen molar-refractivity contribution in [3.05, 3.63) is 52.2 Å². The first-order valence-corrected chi connectivity index (χ1v) is 7.15. The maximum atomic E-state index is 12.8. The molecule has 0 radical (unpaired) electrons. The number of aromatic carboxylic acids is 1. The van der Waals surface area contributed by atoms with Crippen LogP contribution in [0.1, 0.15) is 27.2 Å². The van der Waals surface area contributed by atoms with Gasteiger partial charge in [-0.3, -0.25) is 4.79 Å². The summed E-state index contributed by atoms with van der Waals surface area (Å²) in [6.45, 7) is 1.78. The Morgan fingerprint density at radius 2 is 1.95 bits per heavy atom. The van der Waals surface area contributed by atoms with E-state index in [2.05, 4.69) is 5.32 Å². The molecule has 6 heteroatoms. The van der Waals surface area contributed by atoms with Gasteiger partial charge >= 0.3 is 5.97 Å². The largest absolute Gasteiger partial charge is 0.478 e. The number of nitrogens with one attached hydrogen (secondary N) is 1. The number of halogens is 1. The lowest BCUT2D eigenvalue weighted by molar-refractivity contribution is -0.116. The van der Waals surface area contributed by atoms with Gasteiger partial charge in [0, 0.05) is 11.3 Å². The summed E-state index contributed by atoms with van der Waals surface area (Å²) in [5, 5.41) is 12.0. The molecule has 2 aromatic rings. The fourth-order valence-corrected chi connectivity index (χ4v) is 2.78. The molecule has 21 heavy (non-hydrogen) atoms. The lowest BCUT2D eigenvalue weighted by Crippen LogP contribution is -2.13. The van der Waals surface area contributed by atoms with Crippen LogP contribution in [0, 0.1) is 12.7 Å². The van der Waals surface area contributed by atoms with Crippen LogP contribution >= 0.6 is 11.3 Å². The molecule has 1 heterocycles. The molecule has 110 valence electrons. The third kappa shape index (κ3) is 4.13. The first-order chi connectivity index (χ1) is 9.95. The van der Waals surface area contributed by atoms with E-state index in [4.69, 9.17) is 5.11 Å². The zero-order valence-electron chi connectivity index (χ0n) is 11.4. The van der Waals surface area contributed by atoms with Gasteiger partial charge in [-0.1, -0.05) is 12.1 Å². The second-order valence-corrected chi connectivity index (χ2v) is 5.84. The molecule has 0 unspecified atom stereocenters. The van der Waals surface area contributed by atoms with Crippen molar-refractivity contribution in [2.45, 2.75) is 19.8 Å². The summed E-state index contributed by atoms with van der Waals surface area (Å²) in [5.41, 5.74) is 0.958. The summed E-state index contributed by atoms with van der Waals surface area (Å²) >= 11 is 1.23. The van der Waals surface area contributed by atoms with Gasteiger partial charge in [0.1, 0.15) is 10.8 Å². The van der Waals surface area contributed by atoms with Crippen molar-refractivity contribution in [3.63, 3.8) is 0 Å². The Bertz CT molecular complexity index is 664. The number of hydrogen-bond donors (Lipinski definition) is 2. The number of amides is 1. The number of benzene rings is 1. The molecule has 0 aliphatic carbocycles. The van der Waals surface area contributed by atoms with E-state index in [-0.39, 0.29) is 23.7 Å². The van der Waals surface area contributed by atoms with Crippen LogP contribution in [-0.2, 0) is 11.2 Å². The lowest BCUT2D eigenvalue weighted by Gasteiger charge is -2.04. The molecular weight excluding hydrogens is 293 g/mol. The van der Waals surface area contributed by atoms with Crippen LogP contribution < -0.4 is 5.32 Å². The molecule has 2 N–H and O–H groups in total. The van der Waals surface area contributed by atoms with Crippen LogP contribution in [-0.4, -0.2) is 17.0 Å². The molecule has 0 saturated heterocycles. The Morgan fingerprint density at radius 1 is 1.29 bits per heavy atom. The molecule has 2 rings (SSSR count). The van der Waals surface area contributed by atoms with Crippen molar-refractivity contribution in [1.82, 2.24) is 0 Å². The van der Waals surface area contributed by atoms with Crippen molar-refractivity contribution in [2.24, 2.45) is 0 Å². The lowest BCUT2D eigenvalue weighted by atomic mass is 10.1. The Labute approximate surface area is 125 Å². The number of thiophene rings is 1. The van der Waals surface area contributed by atoms with Crippen LogP contribution in [0.15, 0.2) is 30.3 Å². The van der Waals surface area contributed by atoms with Gasteiger partial charge in [-0.15, -0.1) is 11.3 Å². The number of carboxylic acid groups (broad SMARTS) is 1. The summed E-state index contributed by atoms with van der Waals surface area (Å²) in [4.78, 5) is 23.7. The highest BCUT2D eigenvalue weighted by molar-refractivity contribution is 7.16. The van der Waals surface area contributed by atoms with Gasteiger partial charge in [-0.25, -0.2) is 9.18 Å². The van der Waals surface area contributed by atoms with E-state index >= 15 is 0 Å². The Morgan fingerprint density at radius 3 is 2.57 bits per heavy atom. The van der Waals surface area contributed by atoms with Gasteiger partial charge in [-0.2, -0.15) is 0 Å². The molecule has 0 atom stereocenters. The number of carbonyl (C=O) groups is 2. The first kappa shape index (κ1) is 15.2. The zero-order chi connectivity index (χ0) is 15.4. The summed E-state index contributed by atoms with van der Waals surface area (Å²) in [7, 11) is 0. The maximum Gasteiger partial charge on any atom is 0.338 e. The van der Waals surface area contributed by atoms with E-state index in [1.807, 2.05) is 0 Å². The van der Waals surface area contributed by atoms with Crippen LogP contribution in [0.25, 0.3) is 0 Å². The Hall–Kier alpha value is -2.21. The highest BCUT2D eigenvalue weighted by atomic mass is 32.1. The van der Waals surface area contributed by atoms with Gasteiger partial charge in [-0.05, 0) is 37.1 Å². The molecule has 0 spiro atoms. The third-order valence-corrected chi connectivity index (χ3v) is 3.86. The second-order valence-electron chi connectivity index (χ2n) is 4.58. The fourth-order valence-electron chi connectivity index (χ4n) is 1.86. The van der Waals surface area contributed by atoms with Crippen molar-refractivity contribution in [2.75, 3.05) is 5.32 Å². The minimum absolute atomic E-state index is 0.104. The van der Waals surface area contributed by atoms with Gasteiger partial charge in [0.25, 0.3) is 0 Å². The minimum atomic E-state index is -1.06. The van der Waals surface area contributed by atoms with Gasteiger partial charge in [0.05, 0.1) is 5.56 Å². The predicted octanol–water partition coefficient (Wildman–Crippen LogP) is 3.47. The second kappa shape index (κ2) is 6.49. The number of hydrogen-bond acceptors (Lipinski definition) is 3. The molecular formula is C15H14FNO3S. The van der Waals surface area contributed by atoms with E-state index in [1.165, 1.54) is 29.5 Å². The predicted molar refractivity (Wildman–Crippen MR) is 79.4 cm³/mol. The number of carbonyl (C=O) groups excluding carboxylic acids is 1. The summed E-state index contributed by atoms with van der Waals surface area (Å²) in [5.74, 6) is -1.64. The molecule has 0 aliphatic heterocycles. The van der Waals surface area contributed by atoms with Crippen LogP contribution in [0.4, 0.5) is 9.39 Å². The van der Waals surface area contributed by atoms with E-state index in [1.54, 1.807) is 19.1 Å². The molecule has 0 aliphatic rings.